The van der Waals surface area contributed by atoms with Crippen LogP contribution in [0.1, 0.15) is 74.7 Å². The van der Waals surface area contributed by atoms with Crippen molar-refractivity contribution in [2.75, 3.05) is 0 Å². The van der Waals surface area contributed by atoms with E-state index in [1.54, 1.807) is 0 Å². The standard InChI is InChI=1S/C24H50O4Si2/c1-14-15-16-18(2)25-22-21(28-30(12,13)24(7,8)9)17-20(19(3)26-22)27-29(10,11)23(4,5)6/h14,18-22H,1,15-17H2,2-13H3/t18?,19-,20+,21+,22+/m0/s1. The van der Waals surface area contributed by atoms with Gasteiger partial charge in [-0.15, -0.1) is 6.58 Å². The second kappa shape index (κ2) is 10.3. The summed E-state index contributed by atoms with van der Waals surface area (Å²) in [5.41, 5.74) is 0. The molecule has 0 aromatic heterocycles. The third kappa shape index (κ3) is 7.56. The Morgan fingerprint density at radius 3 is 1.87 bits per heavy atom. The lowest BCUT2D eigenvalue weighted by Crippen LogP contribution is -2.57. The summed E-state index contributed by atoms with van der Waals surface area (Å²) in [6, 6.07) is 0. The first kappa shape index (κ1) is 28.0. The van der Waals surface area contributed by atoms with Crippen molar-refractivity contribution < 1.29 is 18.3 Å². The molecule has 0 aliphatic carbocycles. The molecular formula is C24H50O4Si2. The summed E-state index contributed by atoms with van der Waals surface area (Å²) >= 11 is 0. The highest BCUT2D eigenvalue weighted by Gasteiger charge is 2.48. The molecule has 0 spiro atoms. The molecule has 0 radical (unpaired) electrons. The quantitative estimate of drug-likeness (QED) is 0.269. The molecule has 1 unspecified atom stereocenters. The molecule has 5 atom stereocenters. The van der Waals surface area contributed by atoms with E-state index in [4.69, 9.17) is 18.3 Å². The van der Waals surface area contributed by atoms with E-state index in [1.165, 1.54) is 0 Å². The van der Waals surface area contributed by atoms with E-state index in [9.17, 15) is 0 Å². The van der Waals surface area contributed by atoms with Crippen LogP contribution in [-0.2, 0) is 18.3 Å². The van der Waals surface area contributed by atoms with Gasteiger partial charge in [0.25, 0.3) is 0 Å². The Morgan fingerprint density at radius 2 is 1.43 bits per heavy atom. The van der Waals surface area contributed by atoms with Crippen molar-refractivity contribution in [3.05, 3.63) is 12.7 Å². The summed E-state index contributed by atoms with van der Waals surface area (Å²) < 4.78 is 26.4. The molecule has 4 nitrogen and oxygen atoms in total. The molecular weight excluding hydrogens is 408 g/mol. The maximum atomic E-state index is 6.84. The van der Waals surface area contributed by atoms with E-state index >= 15 is 0 Å². The smallest absolute Gasteiger partial charge is 0.192 e. The van der Waals surface area contributed by atoms with Crippen LogP contribution in [0.5, 0.6) is 0 Å². The van der Waals surface area contributed by atoms with Crippen molar-refractivity contribution in [3.8, 4) is 0 Å². The van der Waals surface area contributed by atoms with Crippen LogP contribution in [0.2, 0.25) is 36.3 Å². The monoisotopic (exact) mass is 458 g/mol. The average molecular weight is 459 g/mol. The Morgan fingerprint density at radius 1 is 0.967 bits per heavy atom. The fraction of sp³-hybridized carbons (Fsp3) is 0.917. The molecule has 1 aliphatic rings. The molecule has 1 rings (SSSR count). The van der Waals surface area contributed by atoms with Gasteiger partial charge in [-0.1, -0.05) is 47.6 Å². The first-order valence-corrected chi connectivity index (χ1v) is 17.5. The van der Waals surface area contributed by atoms with Crippen molar-refractivity contribution >= 4 is 16.6 Å². The van der Waals surface area contributed by atoms with Gasteiger partial charge in [-0.3, -0.25) is 0 Å². The second-order valence-corrected chi connectivity index (χ2v) is 21.6. The zero-order valence-electron chi connectivity index (χ0n) is 21.9. The second-order valence-electron chi connectivity index (χ2n) is 12.1. The summed E-state index contributed by atoms with van der Waals surface area (Å²) in [6.07, 6.45) is 4.29. The maximum Gasteiger partial charge on any atom is 0.192 e. The molecule has 0 aromatic rings. The van der Waals surface area contributed by atoms with Crippen LogP contribution < -0.4 is 0 Å². The normalized spacial score (nSPS) is 27.7. The largest absolute Gasteiger partial charge is 0.411 e. The summed E-state index contributed by atoms with van der Waals surface area (Å²) in [5.74, 6) is 0. The molecule has 178 valence electrons. The molecule has 1 aliphatic heterocycles. The first-order valence-electron chi connectivity index (χ1n) is 11.7. The van der Waals surface area contributed by atoms with Crippen LogP contribution in [0.15, 0.2) is 12.7 Å². The summed E-state index contributed by atoms with van der Waals surface area (Å²) in [6.45, 7) is 30.9. The maximum absolute atomic E-state index is 6.84. The molecule has 30 heavy (non-hydrogen) atoms. The van der Waals surface area contributed by atoms with E-state index in [0.29, 0.717) is 0 Å². The van der Waals surface area contributed by atoms with Gasteiger partial charge >= 0.3 is 0 Å². The van der Waals surface area contributed by atoms with Gasteiger partial charge in [-0.05, 0) is 63.0 Å². The number of rotatable bonds is 9. The Hall–Kier alpha value is 0.0138. The van der Waals surface area contributed by atoms with E-state index < -0.39 is 16.6 Å². The molecule has 1 fully saturated rings. The van der Waals surface area contributed by atoms with Crippen molar-refractivity contribution in [1.82, 2.24) is 0 Å². The predicted molar refractivity (Wildman–Crippen MR) is 133 cm³/mol. The Balaban J connectivity index is 3.06. The number of hydrogen-bond acceptors (Lipinski definition) is 4. The van der Waals surface area contributed by atoms with Crippen LogP contribution >= 0.6 is 0 Å². The Kier molecular flexibility index (Phi) is 9.63. The highest BCUT2D eigenvalue weighted by atomic mass is 28.4. The van der Waals surface area contributed by atoms with Gasteiger partial charge < -0.3 is 18.3 Å². The van der Waals surface area contributed by atoms with Gasteiger partial charge in [0.05, 0.1) is 24.4 Å². The zero-order valence-corrected chi connectivity index (χ0v) is 23.9. The lowest BCUT2D eigenvalue weighted by Gasteiger charge is -2.48. The molecule has 0 aromatic carbocycles. The van der Waals surface area contributed by atoms with Gasteiger partial charge in [-0.2, -0.15) is 0 Å². The molecule has 1 saturated heterocycles. The lowest BCUT2D eigenvalue weighted by atomic mass is 10.0. The zero-order chi connectivity index (χ0) is 23.5. The van der Waals surface area contributed by atoms with Gasteiger partial charge in [0.15, 0.2) is 22.9 Å². The number of allylic oxidation sites excluding steroid dienone is 1. The minimum absolute atomic E-state index is 0.0185. The van der Waals surface area contributed by atoms with Gasteiger partial charge in [0.1, 0.15) is 0 Å². The minimum Gasteiger partial charge on any atom is -0.411 e. The van der Waals surface area contributed by atoms with Gasteiger partial charge in [-0.25, -0.2) is 0 Å². The van der Waals surface area contributed by atoms with Crippen molar-refractivity contribution in [1.29, 1.82) is 0 Å². The van der Waals surface area contributed by atoms with Crippen molar-refractivity contribution in [3.63, 3.8) is 0 Å². The highest BCUT2D eigenvalue weighted by Crippen LogP contribution is 2.42. The molecule has 1 heterocycles. The van der Waals surface area contributed by atoms with Crippen molar-refractivity contribution in [2.45, 2.75) is 142 Å². The molecule has 0 bridgehead atoms. The minimum atomic E-state index is -1.98. The highest BCUT2D eigenvalue weighted by molar-refractivity contribution is 6.74. The van der Waals surface area contributed by atoms with Crippen molar-refractivity contribution in [2.24, 2.45) is 0 Å². The van der Waals surface area contributed by atoms with Crippen LogP contribution in [0.4, 0.5) is 0 Å². The Labute approximate surface area is 189 Å². The number of ether oxygens (including phenoxy) is 2. The van der Waals surface area contributed by atoms with Crippen LogP contribution in [0, 0.1) is 0 Å². The van der Waals surface area contributed by atoms with Gasteiger partial charge in [0, 0.05) is 6.42 Å². The fourth-order valence-electron chi connectivity index (χ4n) is 3.05. The van der Waals surface area contributed by atoms with E-state index in [-0.39, 0.29) is 40.8 Å². The molecule has 0 saturated carbocycles. The molecule has 0 amide bonds. The lowest BCUT2D eigenvalue weighted by molar-refractivity contribution is -0.268. The molecule has 0 N–H and O–H groups in total. The SMILES string of the molecule is C=CCCC(C)O[C@@H]1O[C@@H](C)[C@H](O[Si](C)(C)C(C)(C)C)C[C@H]1O[Si](C)(C)C(C)(C)C. The third-order valence-corrected chi connectivity index (χ3v) is 16.3. The van der Waals surface area contributed by atoms with E-state index in [1.807, 2.05) is 6.08 Å². The third-order valence-electron chi connectivity index (χ3n) is 7.29. The topological polar surface area (TPSA) is 36.9 Å². The average Bonchev–Trinajstić information content (AvgIpc) is 2.54. The summed E-state index contributed by atoms with van der Waals surface area (Å²) in [4.78, 5) is 0. The van der Waals surface area contributed by atoms with Crippen LogP contribution in [-0.4, -0.2) is 47.3 Å². The van der Waals surface area contributed by atoms with E-state index in [2.05, 4.69) is 88.2 Å². The summed E-state index contributed by atoms with van der Waals surface area (Å²) in [7, 11) is -3.88. The van der Waals surface area contributed by atoms with Gasteiger partial charge in [0.2, 0.25) is 0 Å². The Bertz CT molecular complexity index is 548. The molecule has 6 heteroatoms. The van der Waals surface area contributed by atoms with Crippen LogP contribution in [0.3, 0.4) is 0 Å². The van der Waals surface area contributed by atoms with E-state index in [0.717, 1.165) is 19.3 Å². The summed E-state index contributed by atoms with van der Waals surface area (Å²) in [5, 5.41) is 0.292. The fourth-order valence-corrected chi connectivity index (χ4v) is 5.76. The predicted octanol–water partition coefficient (Wildman–Crippen LogP) is 7.27. The number of hydrogen-bond donors (Lipinski definition) is 0. The first-order chi connectivity index (χ1) is 13.4. The van der Waals surface area contributed by atoms with Crippen LogP contribution in [0.25, 0.3) is 0 Å².